The van der Waals surface area contributed by atoms with Crippen molar-refractivity contribution < 1.29 is 25.9 Å². The second kappa shape index (κ2) is 52.1. The maximum Gasteiger partial charge on any atom is 2.00 e. The maximum absolute atomic E-state index is 11.9. The van der Waals surface area contributed by atoms with Gasteiger partial charge in [0.05, 0.1) is 9.79 Å². The third kappa shape index (κ3) is 39.4. The monoisotopic (exact) mass is 1240 g/mol. The zero-order valence-corrected chi connectivity index (χ0v) is 59.4. The summed E-state index contributed by atoms with van der Waals surface area (Å²) in [5.74, 6) is 0. The van der Waals surface area contributed by atoms with E-state index in [-0.39, 0.29) is 47.5 Å². The summed E-state index contributed by atoms with van der Waals surface area (Å²) in [6.07, 6.45) is 67.0. The summed E-state index contributed by atoms with van der Waals surface area (Å²) in [6, 6.07) is 19.4. The molecule has 0 radical (unpaired) electrons. The van der Waals surface area contributed by atoms with E-state index in [0.29, 0.717) is 0 Å². The van der Waals surface area contributed by atoms with Crippen molar-refractivity contribution >= 4 is 79.5 Å². The second-order valence-electron chi connectivity index (χ2n) is 25.7. The van der Waals surface area contributed by atoms with Gasteiger partial charge in [-0.2, -0.15) is 0 Å². The molecule has 0 unspecified atom stereocenters. The number of unbranched alkanes of at least 4 members (excludes halogenated alkanes) is 44. The Kier molecular flexibility index (Phi) is 48.8. The third-order valence-corrected chi connectivity index (χ3v) is 19.6. The van der Waals surface area contributed by atoms with Gasteiger partial charge >= 0.3 is 37.7 Å². The first kappa shape index (κ1) is 79.6. The van der Waals surface area contributed by atoms with E-state index in [1.165, 1.54) is 281 Å². The SMILES string of the molecule is CCCCCCCCCCCCCCc1ccc2c(CCCCCCCCCCCCCC)cc(S(=O)(=O)[O-])cc2c1.CCCCCCCCCCCCCCc1ccc2c(CCCCCCCCCCCCCC)cc(S(=O)(=O)[O-])cc2c1.[Ca+2]. The standard InChI is InChI=1S/2C38H64O3S.Ca/c2*1-3-5-7-9-11-13-15-17-19-21-23-25-27-34-29-30-38-35(32-37(42(39,40)41)33-36(38)31-34)28-26-24-22-20-18-16-14-12-10-8-6-4-2;/h2*29-33H,3-28H2,1-2H3,(H,39,40,41);/q;;+2/p-2. The van der Waals surface area contributed by atoms with Gasteiger partial charge in [0.25, 0.3) is 0 Å². The molecule has 9 heteroatoms. The molecule has 0 atom stereocenters. The summed E-state index contributed by atoms with van der Waals surface area (Å²) < 4.78 is 71.6. The third-order valence-electron chi connectivity index (χ3n) is 18.0. The van der Waals surface area contributed by atoms with Crippen LogP contribution in [0.15, 0.2) is 70.5 Å². The molecule has 0 amide bonds. The molecule has 0 bridgehead atoms. The molecule has 0 saturated heterocycles. The summed E-state index contributed by atoms with van der Waals surface area (Å²) in [5, 5.41) is 4.00. The van der Waals surface area contributed by atoms with Crippen molar-refractivity contribution in [2.45, 2.75) is 371 Å². The van der Waals surface area contributed by atoms with Gasteiger partial charge in [-0.25, -0.2) is 16.8 Å². The van der Waals surface area contributed by atoms with E-state index in [0.717, 1.165) is 96.9 Å². The first-order valence-corrected chi connectivity index (χ1v) is 38.8. The number of fused-ring (bicyclic) bond motifs is 2. The van der Waals surface area contributed by atoms with Crippen LogP contribution in [-0.2, 0) is 45.9 Å². The van der Waals surface area contributed by atoms with E-state index in [2.05, 4.69) is 64.1 Å². The van der Waals surface area contributed by atoms with Gasteiger partial charge in [0.2, 0.25) is 0 Å². The molecule has 4 aromatic rings. The topological polar surface area (TPSA) is 114 Å². The van der Waals surface area contributed by atoms with E-state index in [1.807, 2.05) is 0 Å². The van der Waals surface area contributed by atoms with Crippen molar-refractivity contribution in [3.8, 4) is 0 Å². The van der Waals surface area contributed by atoms with Crippen LogP contribution in [-0.4, -0.2) is 63.7 Å². The molecule has 480 valence electrons. The average Bonchev–Trinajstić information content (AvgIpc) is 2.92. The minimum absolute atomic E-state index is 0. The van der Waals surface area contributed by atoms with Crippen LogP contribution in [0.25, 0.3) is 21.5 Å². The average molecular weight is 1240 g/mol. The fourth-order valence-corrected chi connectivity index (χ4v) is 13.7. The van der Waals surface area contributed by atoms with Crippen molar-refractivity contribution in [3.63, 3.8) is 0 Å². The number of aryl methyl sites for hydroxylation is 4. The zero-order valence-electron chi connectivity index (χ0n) is 55.5. The molecule has 0 fully saturated rings. The van der Waals surface area contributed by atoms with Gasteiger partial charge in [0.1, 0.15) is 20.2 Å². The Morgan fingerprint density at radius 1 is 0.259 bits per heavy atom. The van der Waals surface area contributed by atoms with Crippen molar-refractivity contribution in [2.75, 3.05) is 0 Å². The van der Waals surface area contributed by atoms with Crippen LogP contribution < -0.4 is 0 Å². The molecule has 6 nitrogen and oxygen atoms in total. The number of rotatable bonds is 54. The predicted molar refractivity (Wildman–Crippen MR) is 369 cm³/mol. The van der Waals surface area contributed by atoms with Crippen molar-refractivity contribution in [1.29, 1.82) is 0 Å². The van der Waals surface area contributed by atoms with Gasteiger partial charge < -0.3 is 9.11 Å². The fraction of sp³-hybridized carbons (Fsp3) is 0.737. The molecule has 0 aliphatic rings. The normalized spacial score (nSPS) is 11.8. The van der Waals surface area contributed by atoms with Gasteiger partial charge in [0, 0.05) is 0 Å². The van der Waals surface area contributed by atoms with E-state index in [1.54, 1.807) is 24.3 Å². The van der Waals surface area contributed by atoms with E-state index in [9.17, 15) is 25.9 Å². The smallest absolute Gasteiger partial charge is 0.744 e. The Balaban J connectivity index is 0.000000573. The summed E-state index contributed by atoms with van der Waals surface area (Å²) in [4.78, 5) is -0.155. The van der Waals surface area contributed by atoms with Gasteiger partial charge in [-0.1, -0.05) is 347 Å². The molecule has 0 aromatic heterocycles. The Labute approximate surface area is 555 Å². The minimum atomic E-state index is -4.48. The number of benzene rings is 4. The predicted octanol–water partition coefficient (Wildman–Crippen LogP) is 24.1. The Hall–Kier alpha value is -1.52. The summed E-state index contributed by atoms with van der Waals surface area (Å²) in [5.41, 5.74) is 4.49. The van der Waals surface area contributed by atoms with Crippen LogP contribution in [0.4, 0.5) is 0 Å². The van der Waals surface area contributed by atoms with Gasteiger partial charge in [-0.15, -0.1) is 0 Å². The van der Waals surface area contributed by atoms with Crippen LogP contribution in [0.2, 0.25) is 0 Å². The van der Waals surface area contributed by atoms with Gasteiger partial charge in [0.15, 0.2) is 0 Å². The molecular formula is C76H126CaO6S2. The van der Waals surface area contributed by atoms with Gasteiger partial charge in [-0.3, -0.25) is 0 Å². The molecule has 4 rings (SSSR count). The van der Waals surface area contributed by atoms with E-state index >= 15 is 0 Å². The molecule has 0 aliphatic carbocycles. The molecule has 0 aliphatic heterocycles. The molecule has 4 aromatic carbocycles. The first-order chi connectivity index (χ1) is 40.9. The van der Waals surface area contributed by atoms with Crippen molar-refractivity contribution in [3.05, 3.63) is 82.9 Å². The largest absolute Gasteiger partial charge is 2.00 e. The molecule has 0 N–H and O–H groups in total. The minimum Gasteiger partial charge on any atom is -0.744 e. The maximum atomic E-state index is 11.9. The Bertz CT molecular complexity index is 2300. The fourth-order valence-electron chi connectivity index (χ4n) is 12.6. The van der Waals surface area contributed by atoms with Crippen LogP contribution in [0.5, 0.6) is 0 Å². The number of hydrogen-bond donors (Lipinski definition) is 0. The zero-order chi connectivity index (χ0) is 60.6. The Morgan fingerprint density at radius 3 is 0.671 bits per heavy atom. The summed E-state index contributed by atoms with van der Waals surface area (Å²) in [6.45, 7) is 9.08. The van der Waals surface area contributed by atoms with Crippen molar-refractivity contribution in [1.82, 2.24) is 0 Å². The molecule has 0 spiro atoms. The van der Waals surface area contributed by atoms with Crippen molar-refractivity contribution in [2.24, 2.45) is 0 Å². The van der Waals surface area contributed by atoms with Crippen LogP contribution in [0.1, 0.15) is 358 Å². The Morgan fingerprint density at radius 2 is 0.459 bits per heavy atom. The summed E-state index contributed by atoms with van der Waals surface area (Å²) >= 11 is 0. The molecule has 85 heavy (non-hydrogen) atoms. The molecular weight excluding hydrogens is 1110 g/mol. The molecule has 0 heterocycles. The quantitative estimate of drug-likeness (QED) is 0.0247. The van der Waals surface area contributed by atoms with Crippen LogP contribution in [0.3, 0.4) is 0 Å². The van der Waals surface area contributed by atoms with Crippen LogP contribution in [0, 0.1) is 0 Å². The van der Waals surface area contributed by atoms with Gasteiger partial charge in [-0.05, 0) is 119 Å². The first-order valence-electron chi connectivity index (χ1n) is 35.9. The second-order valence-corrected chi connectivity index (χ2v) is 28.5. The molecule has 0 saturated carbocycles. The van der Waals surface area contributed by atoms with E-state index in [4.69, 9.17) is 0 Å². The summed E-state index contributed by atoms with van der Waals surface area (Å²) in [7, 11) is -8.95. The number of hydrogen-bond acceptors (Lipinski definition) is 6. The van der Waals surface area contributed by atoms with E-state index < -0.39 is 20.2 Å². The van der Waals surface area contributed by atoms with Crippen LogP contribution >= 0.6 is 0 Å².